The van der Waals surface area contributed by atoms with E-state index in [9.17, 15) is 9.18 Å². The van der Waals surface area contributed by atoms with Crippen LogP contribution in [0.3, 0.4) is 0 Å². The maximum atomic E-state index is 13.9. The van der Waals surface area contributed by atoms with Crippen molar-refractivity contribution in [2.45, 2.75) is 27.0 Å². The Balaban J connectivity index is 1.34. The van der Waals surface area contributed by atoms with E-state index in [4.69, 9.17) is 13.9 Å². The molecule has 4 rings (SSSR count). The minimum Gasteiger partial charge on any atom is -0.494 e. The molecular weight excluding hydrogens is 425 g/mol. The van der Waals surface area contributed by atoms with E-state index in [0.29, 0.717) is 29.5 Å². The normalized spacial score (nSPS) is 10.8. The topological polar surface area (TPSA) is 78.5 Å². The van der Waals surface area contributed by atoms with Crippen molar-refractivity contribution >= 4 is 11.7 Å². The van der Waals surface area contributed by atoms with E-state index in [1.54, 1.807) is 41.1 Å². The number of halogens is 1. The largest absolute Gasteiger partial charge is 0.494 e. The molecule has 1 N–H and O–H groups in total. The summed E-state index contributed by atoms with van der Waals surface area (Å²) in [6, 6.07) is 18.8. The molecule has 170 valence electrons. The van der Waals surface area contributed by atoms with Crippen LogP contribution < -0.4 is 14.8 Å². The summed E-state index contributed by atoms with van der Waals surface area (Å²) in [6.45, 7) is 4.81. The average molecular weight is 449 g/mol. The van der Waals surface area contributed by atoms with Crippen LogP contribution in [0.15, 0.2) is 71.1 Å². The summed E-state index contributed by atoms with van der Waals surface area (Å²) in [5.41, 5.74) is 1.31. The van der Waals surface area contributed by atoms with Gasteiger partial charge in [0.2, 0.25) is 0 Å². The van der Waals surface area contributed by atoms with E-state index in [1.807, 2.05) is 38.1 Å². The summed E-state index contributed by atoms with van der Waals surface area (Å²) >= 11 is 0. The first-order chi connectivity index (χ1) is 16.0. The van der Waals surface area contributed by atoms with Gasteiger partial charge in [0.1, 0.15) is 29.7 Å². The van der Waals surface area contributed by atoms with E-state index in [0.717, 1.165) is 11.4 Å². The molecule has 0 unspecified atom stereocenters. The van der Waals surface area contributed by atoms with Crippen molar-refractivity contribution < 1.29 is 23.1 Å². The van der Waals surface area contributed by atoms with Gasteiger partial charge in [-0.2, -0.15) is 5.10 Å². The Morgan fingerprint density at radius 3 is 2.52 bits per heavy atom. The number of hydrogen-bond acceptors (Lipinski definition) is 5. The molecule has 7 nitrogen and oxygen atoms in total. The smallest absolute Gasteiger partial charge is 0.292 e. The number of amides is 1. The van der Waals surface area contributed by atoms with Crippen molar-refractivity contribution in [2.24, 2.45) is 0 Å². The maximum Gasteiger partial charge on any atom is 0.292 e. The van der Waals surface area contributed by atoms with E-state index >= 15 is 0 Å². The third-order valence-corrected chi connectivity index (χ3v) is 4.90. The lowest BCUT2D eigenvalue weighted by Crippen LogP contribution is -2.12. The van der Waals surface area contributed by atoms with E-state index in [1.165, 1.54) is 6.07 Å². The molecule has 8 heteroatoms. The molecule has 0 aliphatic rings. The van der Waals surface area contributed by atoms with Gasteiger partial charge in [-0.15, -0.1) is 0 Å². The van der Waals surface area contributed by atoms with Gasteiger partial charge < -0.3 is 19.2 Å². The van der Waals surface area contributed by atoms with Crippen molar-refractivity contribution in [1.29, 1.82) is 0 Å². The molecule has 4 aromatic rings. The zero-order valence-electron chi connectivity index (χ0n) is 18.4. The molecule has 0 atom stereocenters. The highest BCUT2D eigenvalue weighted by Gasteiger charge is 2.15. The number of benzene rings is 2. The molecule has 2 heterocycles. The summed E-state index contributed by atoms with van der Waals surface area (Å²) in [5.74, 6) is 1.71. The second-order valence-electron chi connectivity index (χ2n) is 7.33. The monoisotopic (exact) mass is 449 g/mol. The number of ether oxygens (including phenoxy) is 2. The van der Waals surface area contributed by atoms with Crippen LogP contribution in [0.1, 0.15) is 34.5 Å². The summed E-state index contributed by atoms with van der Waals surface area (Å²) in [5, 5.41) is 7.07. The van der Waals surface area contributed by atoms with Gasteiger partial charge in [0.05, 0.1) is 13.2 Å². The van der Waals surface area contributed by atoms with Crippen molar-refractivity contribution in [2.75, 3.05) is 11.9 Å². The number of aryl methyl sites for hydroxylation is 1. The summed E-state index contributed by atoms with van der Waals surface area (Å²) in [6.07, 6.45) is 0. The first-order valence-electron chi connectivity index (χ1n) is 10.6. The number of rotatable bonds is 9. The Morgan fingerprint density at radius 1 is 1.06 bits per heavy atom. The predicted molar refractivity (Wildman–Crippen MR) is 121 cm³/mol. The second kappa shape index (κ2) is 10.0. The van der Waals surface area contributed by atoms with Crippen molar-refractivity contribution in [3.05, 3.63) is 95.3 Å². The van der Waals surface area contributed by atoms with Crippen molar-refractivity contribution in [3.63, 3.8) is 0 Å². The van der Waals surface area contributed by atoms with Gasteiger partial charge >= 0.3 is 0 Å². The molecule has 2 aromatic carbocycles. The predicted octanol–water partition coefficient (Wildman–Crippen LogP) is 5.20. The number of aromatic nitrogens is 2. The van der Waals surface area contributed by atoms with E-state index in [2.05, 4.69) is 10.4 Å². The van der Waals surface area contributed by atoms with Crippen molar-refractivity contribution in [3.8, 4) is 11.5 Å². The Morgan fingerprint density at radius 2 is 1.79 bits per heavy atom. The van der Waals surface area contributed by atoms with Crippen LogP contribution >= 0.6 is 0 Å². The number of nitrogens with zero attached hydrogens (tertiary/aromatic N) is 2. The van der Waals surface area contributed by atoms with Gasteiger partial charge in [0.15, 0.2) is 11.6 Å². The zero-order chi connectivity index (χ0) is 23.2. The highest BCUT2D eigenvalue weighted by Crippen LogP contribution is 2.20. The van der Waals surface area contributed by atoms with Crippen LogP contribution in [0.4, 0.5) is 10.2 Å². The molecular formula is C25H24FN3O4. The lowest BCUT2D eigenvalue weighted by Gasteiger charge is -2.06. The molecule has 0 spiro atoms. The quantitative estimate of drug-likeness (QED) is 0.380. The van der Waals surface area contributed by atoms with Gasteiger partial charge in [-0.05, 0) is 56.3 Å². The number of anilines is 1. The first-order valence-corrected chi connectivity index (χ1v) is 10.6. The molecule has 33 heavy (non-hydrogen) atoms. The molecule has 0 saturated carbocycles. The maximum absolute atomic E-state index is 13.9. The minimum absolute atomic E-state index is 0.140. The first kappa shape index (κ1) is 22.1. The Hall–Kier alpha value is -4.07. The van der Waals surface area contributed by atoms with Crippen molar-refractivity contribution in [1.82, 2.24) is 9.78 Å². The highest BCUT2D eigenvalue weighted by molar-refractivity contribution is 6.01. The fraction of sp³-hybridized carbons (Fsp3) is 0.200. The molecule has 0 fully saturated rings. The van der Waals surface area contributed by atoms with Crippen LogP contribution in [-0.4, -0.2) is 22.3 Å². The number of furan rings is 1. The minimum atomic E-state index is -0.433. The van der Waals surface area contributed by atoms with Crippen LogP contribution in [0.2, 0.25) is 0 Å². The van der Waals surface area contributed by atoms with Gasteiger partial charge in [0.25, 0.3) is 5.91 Å². The number of hydrogen-bond donors (Lipinski definition) is 1. The average Bonchev–Trinajstić information content (AvgIpc) is 3.42. The molecule has 0 radical (unpaired) electrons. The Labute approximate surface area is 190 Å². The number of carbonyl (C=O) groups excluding carboxylic acids is 1. The molecule has 0 bridgehead atoms. The van der Waals surface area contributed by atoms with Gasteiger partial charge in [0, 0.05) is 17.3 Å². The summed E-state index contributed by atoms with van der Waals surface area (Å²) < 4.78 is 32.3. The molecule has 2 aromatic heterocycles. The second-order valence-corrected chi connectivity index (χ2v) is 7.33. The number of carbonyl (C=O) groups is 1. The van der Waals surface area contributed by atoms with E-state index in [-0.39, 0.29) is 24.7 Å². The van der Waals surface area contributed by atoms with Gasteiger partial charge in [-0.1, -0.05) is 18.2 Å². The lowest BCUT2D eigenvalue weighted by atomic mass is 10.2. The van der Waals surface area contributed by atoms with Gasteiger partial charge in [-0.3, -0.25) is 9.48 Å². The SMILES string of the molecule is CCOc1ccc(OCc2ccc(C(=O)Nc3cc(C)n(Cc4ccccc4F)n3)o2)cc1. The zero-order valence-corrected chi connectivity index (χ0v) is 18.4. The number of nitrogens with one attached hydrogen (secondary N) is 1. The van der Waals surface area contributed by atoms with Gasteiger partial charge in [-0.25, -0.2) is 4.39 Å². The fourth-order valence-corrected chi connectivity index (χ4v) is 3.23. The lowest BCUT2D eigenvalue weighted by molar-refractivity contribution is 0.0992. The molecule has 0 saturated heterocycles. The Bertz CT molecular complexity index is 1230. The van der Waals surface area contributed by atoms with Crippen LogP contribution in [0.25, 0.3) is 0 Å². The van der Waals surface area contributed by atoms with Crippen LogP contribution in [-0.2, 0) is 13.2 Å². The molecule has 1 amide bonds. The van der Waals surface area contributed by atoms with Crippen LogP contribution in [0.5, 0.6) is 11.5 Å². The third kappa shape index (κ3) is 5.60. The summed E-state index contributed by atoms with van der Waals surface area (Å²) in [7, 11) is 0. The fourth-order valence-electron chi connectivity index (χ4n) is 3.23. The highest BCUT2D eigenvalue weighted by atomic mass is 19.1. The third-order valence-electron chi connectivity index (χ3n) is 4.90. The van der Waals surface area contributed by atoms with E-state index < -0.39 is 5.91 Å². The van der Waals surface area contributed by atoms with Crippen LogP contribution in [0, 0.1) is 12.7 Å². The molecule has 0 aliphatic carbocycles. The molecule has 0 aliphatic heterocycles. The summed E-state index contributed by atoms with van der Waals surface area (Å²) in [4.78, 5) is 12.6. The Kier molecular flexibility index (Phi) is 6.73. The standard InChI is InChI=1S/C25H24FN3O4/c1-3-31-19-8-10-20(11-9-19)32-16-21-12-13-23(33-21)25(30)27-24-14-17(2)29(28-24)15-18-6-4-5-7-22(18)26/h4-14H,3,15-16H2,1-2H3,(H,27,28,30).